The van der Waals surface area contributed by atoms with Crippen molar-refractivity contribution in [1.29, 1.82) is 0 Å². The molecule has 0 aliphatic rings. The van der Waals surface area contributed by atoms with E-state index < -0.39 is 0 Å². The molecule has 0 N–H and O–H groups in total. The van der Waals surface area contributed by atoms with Gasteiger partial charge in [0.2, 0.25) is 0 Å². The molecule has 0 bridgehead atoms. The van der Waals surface area contributed by atoms with Crippen molar-refractivity contribution < 1.29 is 0 Å². The number of para-hydroxylation sites is 2. The molecule has 0 saturated carbocycles. The maximum absolute atomic E-state index is 2.29. The Kier molecular flexibility index (Phi) is 6.90. The lowest BCUT2D eigenvalue weighted by molar-refractivity contribution is 1.28. The molecule has 0 aliphatic heterocycles. The average Bonchev–Trinajstić information content (AvgIpc) is 3.11. The Bertz CT molecular complexity index is 2200. The molecule has 212 valence electrons. The van der Waals surface area contributed by atoms with Crippen molar-refractivity contribution in [3.8, 4) is 11.1 Å². The van der Waals surface area contributed by atoms with Crippen LogP contribution in [0.25, 0.3) is 55.6 Å². The minimum atomic E-state index is 1.12. The first-order valence-corrected chi connectivity index (χ1v) is 15.5. The highest BCUT2D eigenvalue weighted by Gasteiger charge is 2.16. The molecule has 0 fully saturated rings. The molecular weight excluding hydrogens is 542 g/mol. The number of hydrogen-bond donors (Lipinski definition) is 0. The Balaban J connectivity index is 1.24. The summed E-state index contributed by atoms with van der Waals surface area (Å²) in [6.45, 7) is 0. The zero-order valence-corrected chi connectivity index (χ0v) is 24.8. The fraction of sp³-hybridized carbons (Fsp3) is 0. The fourth-order valence-electron chi connectivity index (χ4n) is 6.59. The molecule has 0 heterocycles. The first kappa shape index (κ1) is 26.7. The molecule has 8 rings (SSSR count). The summed E-state index contributed by atoms with van der Waals surface area (Å²) in [5.41, 5.74) is 8.36. The van der Waals surface area contributed by atoms with E-state index >= 15 is 0 Å². The van der Waals surface area contributed by atoms with Gasteiger partial charge in [-0.05, 0) is 91.0 Å². The van der Waals surface area contributed by atoms with Crippen LogP contribution >= 0.6 is 0 Å². The van der Waals surface area contributed by atoms with Crippen LogP contribution in [0.5, 0.6) is 0 Å². The third-order valence-electron chi connectivity index (χ3n) is 8.65. The van der Waals surface area contributed by atoms with E-state index in [9.17, 15) is 0 Å². The van der Waals surface area contributed by atoms with E-state index in [1.807, 2.05) is 0 Å². The van der Waals surface area contributed by atoms with Gasteiger partial charge < -0.3 is 4.90 Å². The van der Waals surface area contributed by atoms with Gasteiger partial charge in [0, 0.05) is 17.1 Å². The largest absolute Gasteiger partial charge is 0.311 e. The Morgan fingerprint density at radius 3 is 1.40 bits per heavy atom. The standard InChI is InChI=1S/C44H31N/c1-3-16-34(17-4-1)45(35-18-5-2-6-19-35)36-29-26-32(27-30-36)28-31-40-38-21-9-11-23-42(38)44(43-24-12-10-22-39(40)43)41-25-13-15-33-14-7-8-20-37(33)41/h1-31H/b31-28+. The van der Waals surface area contributed by atoms with Gasteiger partial charge in [-0.15, -0.1) is 0 Å². The summed E-state index contributed by atoms with van der Waals surface area (Å²) in [5.74, 6) is 0. The molecule has 0 spiro atoms. The topological polar surface area (TPSA) is 3.24 Å². The number of anilines is 3. The summed E-state index contributed by atoms with van der Waals surface area (Å²) in [4.78, 5) is 2.29. The quantitative estimate of drug-likeness (QED) is 0.141. The highest BCUT2D eigenvalue weighted by Crippen LogP contribution is 2.42. The molecule has 0 amide bonds. The van der Waals surface area contributed by atoms with E-state index in [1.165, 1.54) is 49.0 Å². The minimum absolute atomic E-state index is 1.12. The van der Waals surface area contributed by atoms with E-state index in [2.05, 4.69) is 193 Å². The van der Waals surface area contributed by atoms with Crippen LogP contribution in [0.1, 0.15) is 11.1 Å². The normalized spacial score (nSPS) is 11.5. The molecule has 1 nitrogen and oxygen atoms in total. The van der Waals surface area contributed by atoms with E-state index in [4.69, 9.17) is 0 Å². The highest BCUT2D eigenvalue weighted by atomic mass is 15.1. The first-order chi connectivity index (χ1) is 22.3. The summed E-state index contributed by atoms with van der Waals surface area (Å²) >= 11 is 0. The second-order valence-electron chi connectivity index (χ2n) is 11.3. The zero-order valence-electron chi connectivity index (χ0n) is 24.8. The zero-order chi connectivity index (χ0) is 30.0. The van der Waals surface area contributed by atoms with Crippen LogP contribution in [0.2, 0.25) is 0 Å². The summed E-state index contributed by atoms with van der Waals surface area (Å²) in [6, 6.07) is 62.9. The smallest absolute Gasteiger partial charge is 0.0462 e. The molecule has 0 aliphatic carbocycles. The van der Waals surface area contributed by atoms with Crippen molar-refractivity contribution in [2.24, 2.45) is 0 Å². The molecule has 0 radical (unpaired) electrons. The maximum Gasteiger partial charge on any atom is 0.0462 e. The van der Waals surface area contributed by atoms with Gasteiger partial charge in [0.1, 0.15) is 0 Å². The minimum Gasteiger partial charge on any atom is -0.311 e. The summed E-state index contributed by atoms with van der Waals surface area (Å²) in [7, 11) is 0. The van der Waals surface area contributed by atoms with Crippen molar-refractivity contribution in [3.63, 3.8) is 0 Å². The molecule has 0 unspecified atom stereocenters. The number of rotatable bonds is 6. The summed E-state index contributed by atoms with van der Waals surface area (Å²) in [5, 5.41) is 7.58. The van der Waals surface area contributed by atoms with Crippen LogP contribution in [-0.2, 0) is 0 Å². The van der Waals surface area contributed by atoms with E-state index in [-0.39, 0.29) is 0 Å². The fourth-order valence-corrected chi connectivity index (χ4v) is 6.59. The highest BCUT2D eigenvalue weighted by molar-refractivity contribution is 6.20. The lowest BCUT2D eigenvalue weighted by Gasteiger charge is -2.25. The van der Waals surface area contributed by atoms with Gasteiger partial charge in [0.25, 0.3) is 0 Å². The van der Waals surface area contributed by atoms with Crippen LogP contribution in [-0.4, -0.2) is 0 Å². The second-order valence-corrected chi connectivity index (χ2v) is 11.3. The van der Waals surface area contributed by atoms with Crippen LogP contribution in [0.4, 0.5) is 17.1 Å². The number of fused-ring (bicyclic) bond motifs is 3. The SMILES string of the molecule is C(=C\c1c2ccccc2c(-c2cccc3ccccc23)c2ccccc12)/c1ccc(N(c2ccccc2)c2ccccc2)cc1. The van der Waals surface area contributed by atoms with E-state index in [1.54, 1.807) is 0 Å². The molecule has 0 saturated heterocycles. The van der Waals surface area contributed by atoms with Gasteiger partial charge in [0.15, 0.2) is 0 Å². The van der Waals surface area contributed by atoms with Gasteiger partial charge in [-0.1, -0.05) is 152 Å². The van der Waals surface area contributed by atoms with E-state index in [0.29, 0.717) is 0 Å². The van der Waals surface area contributed by atoms with Crippen molar-refractivity contribution >= 4 is 61.5 Å². The Morgan fingerprint density at radius 1 is 0.333 bits per heavy atom. The predicted molar refractivity (Wildman–Crippen MR) is 194 cm³/mol. The Hall–Kier alpha value is -5.92. The van der Waals surface area contributed by atoms with Crippen molar-refractivity contribution in [1.82, 2.24) is 0 Å². The van der Waals surface area contributed by atoms with Gasteiger partial charge >= 0.3 is 0 Å². The first-order valence-electron chi connectivity index (χ1n) is 15.5. The van der Waals surface area contributed by atoms with Crippen molar-refractivity contribution in [2.75, 3.05) is 4.90 Å². The van der Waals surface area contributed by atoms with Gasteiger partial charge in [-0.3, -0.25) is 0 Å². The number of nitrogens with zero attached hydrogens (tertiary/aromatic N) is 1. The van der Waals surface area contributed by atoms with Crippen molar-refractivity contribution in [3.05, 3.63) is 187 Å². The maximum atomic E-state index is 2.29. The monoisotopic (exact) mass is 573 g/mol. The lowest BCUT2D eigenvalue weighted by Crippen LogP contribution is -2.09. The van der Waals surface area contributed by atoms with Crippen LogP contribution in [0.15, 0.2) is 176 Å². The number of benzene rings is 8. The Labute approximate surface area is 264 Å². The molecule has 1 heteroatoms. The van der Waals surface area contributed by atoms with E-state index in [0.717, 1.165) is 22.6 Å². The molecular formula is C44H31N. The van der Waals surface area contributed by atoms with Gasteiger partial charge in [-0.2, -0.15) is 0 Å². The molecule has 8 aromatic carbocycles. The molecule has 8 aromatic rings. The molecule has 45 heavy (non-hydrogen) atoms. The van der Waals surface area contributed by atoms with Crippen molar-refractivity contribution in [2.45, 2.75) is 0 Å². The van der Waals surface area contributed by atoms with Gasteiger partial charge in [0.05, 0.1) is 0 Å². The third kappa shape index (κ3) is 4.95. The summed E-state index contributed by atoms with van der Waals surface area (Å²) in [6.07, 6.45) is 4.53. The summed E-state index contributed by atoms with van der Waals surface area (Å²) < 4.78 is 0. The molecule has 0 aromatic heterocycles. The molecule has 0 atom stereocenters. The third-order valence-corrected chi connectivity index (χ3v) is 8.65. The van der Waals surface area contributed by atoms with Crippen LogP contribution < -0.4 is 4.90 Å². The lowest BCUT2D eigenvalue weighted by atomic mass is 9.86. The van der Waals surface area contributed by atoms with Gasteiger partial charge in [-0.25, -0.2) is 0 Å². The number of hydrogen-bond acceptors (Lipinski definition) is 1. The second kappa shape index (κ2) is 11.6. The predicted octanol–water partition coefficient (Wildman–Crippen LogP) is 12.5. The Morgan fingerprint density at radius 2 is 0.800 bits per heavy atom. The van der Waals surface area contributed by atoms with Crippen LogP contribution in [0, 0.1) is 0 Å². The van der Waals surface area contributed by atoms with Crippen LogP contribution in [0.3, 0.4) is 0 Å². The average molecular weight is 574 g/mol.